The number of benzene rings is 2. The highest BCUT2D eigenvalue weighted by Crippen LogP contribution is 2.29. The summed E-state index contributed by atoms with van der Waals surface area (Å²) in [6.07, 6.45) is 1.26. The Morgan fingerprint density at radius 1 is 1.08 bits per heavy atom. The van der Waals surface area contributed by atoms with Gasteiger partial charge in [-0.3, -0.25) is 4.79 Å². The largest absolute Gasteiger partial charge is 0.451 e. The Kier molecular flexibility index (Phi) is 4.15. The van der Waals surface area contributed by atoms with E-state index in [1.54, 1.807) is 6.07 Å². The monoisotopic (exact) mass is 336 g/mol. The Bertz CT molecular complexity index is 862. The second kappa shape index (κ2) is 6.61. The number of hydrogen-bond donors (Lipinski definition) is 2. The second-order valence-electron chi connectivity index (χ2n) is 6.34. The standard InChI is InChI=1S/C20H20N2O3/c23-15-9-11-22(12-10-15)17-7-3-2-6-16(17)21-20(24)19-13-14-5-1-4-8-18(14)25-19/h1-8,13,15,23H,9-12H2,(H,21,24). The van der Waals surface area contributed by atoms with Crippen LogP contribution >= 0.6 is 0 Å². The Morgan fingerprint density at radius 3 is 2.60 bits per heavy atom. The normalized spacial score (nSPS) is 15.5. The summed E-state index contributed by atoms with van der Waals surface area (Å²) in [5, 5.41) is 13.6. The van der Waals surface area contributed by atoms with E-state index in [-0.39, 0.29) is 12.0 Å². The molecule has 0 spiro atoms. The Morgan fingerprint density at radius 2 is 1.80 bits per heavy atom. The minimum Gasteiger partial charge on any atom is -0.451 e. The Balaban J connectivity index is 1.57. The molecule has 0 atom stereocenters. The summed E-state index contributed by atoms with van der Waals surface area (Å²) in [7, 11) is 0. The maximum Gasteiger partial charge on any atom is 0.291 e. The maximum atomic E-state index is 12.6. The van der Waals surface area contributed by atoms with Crippen molar-refractivity contribution in [2.75, 3.05) is 23.3 Å². The second-order valence-corrected chi connectivity index (χ2v) is 6.34. The van der Waals surface area contributed by atoms with E-state index in [9.17, 15) is 9.90 Å². The number of carbonyl (C=O) groups is 1. The van der Waals surface area contributed by atoms with Crippen LogP contribution < -0.4 is 10.2 Å². The molecule has 3 aromatic rings. The highest BCUT2D eigenvalue weighted by atomic mass is 16.3. The van der Waals surface area contributed by atoms with Gasteiger partial charge in [-0.2, -0.15) is 0 Å². The summed E-state index contributed by atoms with van der Waals surface area (Å²) < 4.78 is 5.64. The number of piperidine rings is 1. The van der Waals surface area contributed by atoms with Gasteiger partial charge >= 0.3 is 0 Å². The van der Waals surface area contributed by atoms with Crippen molar-refractivity contribution in [1.82, 2.24) is 0 Å². The molecule has 1 aromatic heterocycles. The van der Waals surface area contributed by atoms with Crippen molar-refractivity contribution in [2.24, 2.45) is 0 Å². The van der Waals surface area contributed by atoms with Crippen LogP contribution in [0.2, 0.25) is 0 Å². The van der Waals surface area contributed by atoms with Gasteiger partial charge in [-0.15, -0.1) is 0 Å². The van der Waals surface area contributed by atoms with E-state index in [0.29, 0.717) is 11.3 Å². The molecular weight excluding hydrogens is 316 g/mol. The molecule has 1 aliphatic rings. The number of furan rings is 1. The first-order chi connectivity index (χ1) is 12.2. The smallest absolute Gasteiger partial charge is 0.291 e. The molecule has 0 bridgehead atoms. The number of fused-ring (bicyclic) bond motifs is 1. The zero-order valence-electron chi connectivity index (χ0n) is 13.8. The molecule has 1 aliphatic heterocycles. The Labute approximate surface area is 145 Å². The summed E-state index contributed by atoms with van der Waals surface area (Å²) in [5.74, 6) is 0.0331. The van der Waals surface area contributed by atoms with Crippen LogP contribution in [0.3, 0.4) is 0 Å². The van der Waals surface area contributed by atoms with Crippen molar-refractivity contribution in [3.05, 3.63) is 60.4 Å². The van der Waals surface area contributed by atoms with Crippen molar-refractivity contribution < 1.29 is 14.3 Å². The fourth-order valence-corrected chi connectivity index (χ4v) is 3.24. The number of aliphatic hydroxyl groups excluding tert-OH is 1. The minimum absolute atomic E-state index is 0.228. The molecule has 0 saturated carbocycles. The van der Waals surface area contributed by atoms with Crippen LogP contribution in [0.15, 0.2) is 59.0 Å². The lowest BCUT2D eigenvalue weighted by Crippen LogP contribution is -2.36. The van der Waals surface area contributed by atoms with Gasteiger partial charge in [0.15, 0.2) is 5.76 Å². The lowest BCUT2D eigenvalue weighted by Gasteiger charge is -2.32. The number of aliphatic hydroxyl groups is 1. The fraction of sp³-hybridized carbons (Fsp3) is 0.250. The van der Waals surface area contributed by atoms with Crippen molar-refractivity contribution in [1.29, 1.82) is 0 Å². The molecule has 1 amide bonds. The van der Waals surface area contributed by atoms with Gasteiger partial charge in [-0.05, 0) is 37.1 Å². The zero-order chi connectivity index (χ0) is 17.2. The molecule has 5 nitrogen and oxygen atoms in total. The van der Waals surface area contributed by atoms with E-state index in [1.807, 2.05) is 48.5 Å². The first-order valence-corrected chi connectivity index (χ1v) is 8.53. The first-order valence-electron chi connectivity index (χ1n) is 8.53. The summed E-state index contributed by atoms with van der Waals surface area (Å²) in [6, 6.07) is 17.1. The van der Waals surface area contributed by atoms with Crippen LogP contribution in [0.25, 0.3) is 11.0 Å². The van der Waals surface area contributed by atoms with Crippen molar-refractivity contribution in [3.8, 4) is 0 Å². The average Bonchev–Trinajstić information content (AvgIpc) is 3.07. The van der Waals surface area contributed by atoms with E-state index in [4.69, 9.17) is 4.42 Å². The summed E-state index contributed by atoms with van der Waals surface area (Å²) >= 11 is 0. The van der Waals surface area contributed by atoms with E-state index in [0.717, 1.165) is 42.7 Å². The van der Waals surface area contributed by atoms with Gasteiger partial charge in [0, 0.05) is 18.5 Å². The fourth-order valence-electron chi connectivity index (χ4n) is 3.24. The van der Waals surface area contributed by atoms with Gasteiger partial charge in [0.25, 0.3) is 5.91 Å². The SMILES string of the molecule is O=C(Nc1ccccc1N1CCC(O)CC1)c1cc2ccccc2o1. The van der Waals surface area contributed by atoms with Gasteiger partial charge in [0.1, 0.15) is 5.58 Å². The van der Waals surface area contributed by atoms with Gasteiger partial charge in [0.2, 0.25) is 0 Å². The number of amides is 1. The molecule has 25 heavy (non-hydrogen) atoms. The number of para-hydroxylation sites is 3. The topological polar surface area (TPSA) is 65.7 Å². The number of nitrogens with one attached hydrogen (secondary N) is 1. The molecule has 2 aromatic carbocycles. The van der Waals surface area contributed by atoms with E-state index >= 15 is 0 Å². The number of hydrogen-bond acceptors (Lipinski definition) is 4. The molecule has 128 valence electrons. The average molecular weight is 336 g/mol. The van der Waals surface area contributed by atoms with Crippen LogP contribution in [-0.2, 0) is 0 Å². The van der Waals surface area contributed by atoms with Gasteiger partial charge in [-0.25, -0.2) is 0 Å². The highest BCUT2D eigenvalue weighted by molar-refractivity contribution is 6.06. The molecule has 4 rings (SSSR count). The van der Waals surface area contributed by atoms with Gasteiger partial charge in [0.05, 0.1) is 17.5 Å². The number of anilines is 2. The van der Waals surface area contributed by atoms with Gasteiger partial charge < -0.3 is 19.7 Å². The molecule has 5 heteroatoms. The summed E-state index contributed by atoms with van der Waals surface area (Å²) in [6.45, 7) is 1.55. The first kappa shape index (κ1) is 15.7. The Hall–Kier alpha value is -2.79. The van der Waals surface area contributed by atoms with Crippen molar-refractivity contribution in [3.63, 3.8) is 0 Å². The molecule has 0 aliphatic carbocycles. The number of rotatable bonds is 3. The van der Waals surface area contributed by atoms with Crippen LogP contribution in [0.4, 0.5) is 11.4 Å². The predicted molar refractivity (Wildman–Crippen MR) is 98.1 cm³/mol. The van der Waals surface area contributed by atoms with Crippen molar-refractivity contribution in [2.45, 2.75) is 18.9 Å². The quantitative estimate of drug-likeness (QED) is 0.766. The van der Waals surface area contributed by atoms with E-state index in [1.165, 1.54) is 0 Å². The molecule has 2 heterocycles. The van der Waals surface area contributed by atoms with E-state index < -0.39 is 0 Å². The minimum atomic E-state index is -0.263. The van der Waals surface area contributed by atoms with Crippen molar-refractivity contribution >= 4 is 28.3 Å². The molecule has 0 unspecified atom stereocenters. The lowest BCUT2D eigenvalue weighted by atomic mass is 10.1. The van der Waals surface area contributed by atoms with Crippen LogP contribution in [0, 0.1) is 0 Å². The molecule has 1 fully saturated rings. The molecule has 2 N–H and O–H groups in total. The van der Waals surface area contributed by atoms with Gasteiger partial charge in [-0.1, -0.05) is 30.3 Å². The number of carbonyl (C=O) groups excluding carboxylic acids is 1. The third-order valence-corrected chi connectivity index (χ3v) is 4.61. The zero-order valence-corrected chi connectivity index (χ0v) is 13.8. The maximum absolute atomic E-state index is 12.6. The highest BCUT2D eigenvalue weighted by Gasteiger charge is 2.20. The molecule has 0 radical (unpaired) electrons. The lowest BCUT2D eigenvalue weighted by molar-refractivity contribution is 0.0998. The van der Waals surface area contributed by atoms with Crippen LogP contribution in [0.1, 0.15) is 23.4 Å². The summed E-state index contributed by atoms with van der Waals surface area (Å²) in [4.78, 5) is 14.8. The predicted octanol–water partition coefficient (Wildman–Crippen LogP) is 3.65. The van der Waals surface area contributed by atoms with E-state index in [2.05, 4.69) is 10.2 Å². The van der Waals surface area contributed by atoms with Crippen LogP contribution in [0.5, 0.6) is 0 Å². The summed E-state index contributed by atoms with van der Waals surface area (Å²) in [5.41, 5.74) is 2.43. The number of nitrogens with zero attached hydrogens (tertiary/aromatic N) is 1. The molecule has 1 saturated heterocycles. The van der Waals surface area contributed by atoms with Crippen LogP contribution in [-0.4, -0.2) is 30.2 Å². The third kappa shape index (κ3) is 3.23. The molecular formula is C20H20N2O3. The third-order valence-electron chi connectivity index (χ3n) is 4.61.